The molecule has 2 N–H and O–H groups in total. The maximum atomic E-state index is 11.3. The average Bonchev–Trinajstić information content (AvgIpc) is 2.37. The molecule has 0 saturated heterocycles. The van der Waals surface area contributed by atoms with Crippen LogP contribution in [0.25, 0.3) is 0 Å². The van der Waals surface area contributed by atoms with Crippen molar-refractivity contribution in [2.75, 3.05) is 13.7 Å². The minimum absolute atomic E-state index is 0.0495. The molecule has 0 bridgehead atoms. The Morgan fingerprint density at radius 3 is 2.77 bits per heavy atom. The largest absolute Gasteiger partial charge is 0.383 e. The summed E-state index contributed by atoms with van der Waals surface area (Å²) >= 11 is 0. The summed E-state index contributed by atoms with van der Waals surface area (Å²) in [6.45, 7) is 0.953. The summed E-state index contributed by atoms with van der Waals surface area (Å²) in [7, 11) is 3.30. The second kappa shape index (κ2) is 4.25. The molecule has 1 rings (SSSR count). The van der Waals surface area contributed by atoms with E-state index in [1.165, 1.54) is 4.57 Å². The average molecular weight is 185 g/mol. The summed E-state index contributed by atoms with van der Waals surface area (Å²) in [5.41, 5.74) is 5.65. The van der Waals surface area contributed by atoms with Gasteiger partial charge in [-0.2, -0.15) is 0 Å². The second-order valence-electron chi connectivity index (χ2n) is 3.06. The first-order valence-corrected chi connectivity index (χ1v) is 4.11. The van der Waals surface area contributed by atoms with E-state index >= 15 is 0 Å². The summed E-state index contributed by atoms with van der Waals surface area (Å²) in [6, 6.07) is -0.134. The molecule has 5 heteroatoms. The second-order valence-corrected chi connectivity index (χ2v) is 3.06. The van der Waals surface area contributed by atoms with Crippen LogP contribution in [0.1, 0.15) is 0 Å². The van der Waals surface area contributed by atoms with Crippen LogP contribution in [0.3, 0.4) is 0 Å². The van der Waals surface area contributed by atoms with Gasteiger partial charge in [0, 0.05) is 39.1 Å². The van der Waals surface area contributed by atoms with Gasteiger partial charge in [-0.3, -0.25) is 4.57 Å². The number of nitrogens with two attached hydrogens (primary N) is 1. The smallest absolute Gasteiger partial charge is 0.327 e. The van der Waals surface area contributed by atoms with Crippen molar-refractivity contribution in [2.24, 2.45) is 12.8 Å². The molecular formula is C8H15N3O2. The summed E-state index contributed by atoms with van der Waals surface area (Å²) in [6.07, 6.45) is 3.43. The maximum absolute atomic E-state index is 11.3. The van der Waals surface area contributed by atoms with Crippen molar-refractivity contribution in [3.8, 4) is 0 Å². The molecule has 0 saturated carbocycles. The highest BCUT2D eigenvalue weighted by Crippen LogP contribution is 1.87. The molecule has 5 nitrogen and oxygen atoms in total. The highest BCUT2D eigenvalue weighted by atomic mass is 16.5. The number of aryl methyl sites for hydroxylation is 1. The molecule has 74 valence electrons. The molecule has 0 aliphatic rings. The number of aromatic nitrogens is 2. The number of methoxy groups -OCH3 is 1. The zero-order valence-corrected chi connectivity index (χ0v) is 7.93. The van der Waals surface area contributed by atoms with E-state index in [0.717, 1.165) is 0 Å². The zero-order valence-electron chi connectivity index (χ0n) is 7.93. The van der Waals surface area contributed by atoms with E-state index in [1.807, 2.05) is 0 Å². The number of hydrogen-bond acceptors (Lipinski definition) is 3. The lowest BCUT2D eigenvalue weighted by Crippen LogP contribution is -2.35. The van der Waals surface area contributed by atoms with E-state index in [0.29, 0.717) is 13.2 Å². The van der Waals surface area contributed by atoms with Crippen LogP contribution in [0.2, 0.25) is 0 Å². The van der Waals surface area contributed by atoms with Crippen molar-refractivity contribution in [3.05, 3.63) is 22.9 Å². The van der Waals surface area contributed by atoms with Gasteiger partial charge in [0.05, 0.1) is 6.61 Å². The Hall–Kier alpha value is -1.07. The van der Waals surface area contributed by atoms with Crippen LogP contribution in [-0.2, 0) is 18.3 Å². The number of ether oxygens (including phenoxy) is 1. The molecule has 1 unspecified atom stereocenters. The van der Waals surface area contributed by atoms with Crippen LogP contribution >= 0.6 is 0 Å². The lowest BCUT2D eigenvalue weighted by atomic mass is 10.3. The van der Waals surface area contributed by atoms with Crippen LogP contribution in [0.4, 0.5) is 0 Å². The van der Waals surface area contributed by atoms with Gasteiger partial charge in [0.25, 0.3) is 0 Å². The molecule has 1 heterocycles. The van der Waals surface area contributed by atoms with Crippen LogP contribution in [0.5, 0.6) is 0 Å². The molecule has 1 aromatic heterocycles. The van der Waals surface area contributed by atoms with Gasteiger partial charge in [-0.05, 0) is 0 Å². The van der Waals surface area contributed by atoms with Gasteiger partial charge in [0.15, 0.2) is 0 Å². The minimum atomic E-state index is -0.134. The molecule has 0 spiro atoms. The normalized spacial score (nSPS) is 13.2. The highest BCUT2D eigenvalue weighted by Gasteiger charge is 2.05. The Bertz CT molecular complexity index is 315. The quantitative estimate of drug-likeness (QED) is 0.665. The molecule has 0 aromatic carbocycles. The van der Waals surface area contributed by atoms with Crippen molar-refractivity contribution in [3.63, 3.8) is 0 Å². The fourth-order valence-electron chi connectivity index (χ4n) is 1.17. The third-order valence-corrected chi connectivity index (χ3v) is 1.83. The standard InChI is InChI=1S/C8H15N3O2/c1-10-3-4-11(8(10)12)5-7(9)6-13-2/h3-4,7H,5-6,9H2,1-2H3. The van der Waals surface area contributed by atoms with Crippen LogP contribution < -0.4 is 11.4 Å². The molecule has 13 heavy (non-hydrogen) atoms. The summed E-state index contributed by atoms with van der Waals surface area (Å²) < 4.78 is 7.96. The molecule has 0 aliphatic carbocycles. The molecule has 0 aliphatic heterocycles. The number of rotatable bonds is 4. The Balaban J connectivity index is 2.64. The summed E-state index contributed by atoms with van der Waals surface area (Å²) in [5, 5.41) is 0. The van der Waals surface area contributed by atoms with Crippen molar-refractivity contribution in [1.29, 1.82) is 0 Å². The zero-order chi connectivity index (χ0) is 9.84. The first kappa shape index (κ1) is 10.0. The van der Waals surface area contributed by atoms with E-state index < -0.39 is 0 Å². The topological polar surface area (TPSA) is 62.2 Å². The molecule has 0 radical (unpaired) electrons. The van der Waals surface area contributed by atoms with Gasteiger partial charge in [-0.25, -0.2) is 4.79 Å². The predicted octanol–water partition coefficient (Wildman–Crippen LogP) is -0.839. The molecule has 0 fully saturated rings. The van der Waals surface area contributed by atoms with E-state index in [9.17, 15) is 4.79 Å². The van der Waals surface area contributed by atoms with Crippen molar-refractivity contribution in [1.82, 2.24) is 9.13 Å². The van der Waals surface area contributed by atoms with E-state index in [1.54, 1.807) is 31.1 Å². The van der Waals surface area contributed by atoms with Gasteiger partial charge < -0.3 is 15.0 Å². The fourth-order valence-corrected chi connectivity index (χ4v) is 1.17. The van der Waals surface area contributed by atoms with E-state index in [4.69, 9.17) is 10.5 Å². The van der Waals surface area contributed by atoms with E-state index in [2.05, 4.69) is 0 Å². The Morgan fingerprint density at radius 1 is 1.62 bits per heavy atom. The van der Waals surface area contributed by atoms with Gasteiger partial charge in [-0.15, -0.1) is 0 Å². The van der Waals surface area contributed by atoms with Gasteiger partial charge in [0.2, 0.25) is 0 Å². The third kappa shape index (κ3) is 2.43. The Labute approximate surface area is 76.7 Å². The monoisotopic (exact) mass is 185 g/mol. The first-order valence-electron chi connectivity index (χ1n) is 4.11. The Kier molecular flexibility index (Phi) is 3.27. The number of nitrogens with zero attached hydrogens (tertiary/aromatic N) is 2. The minimum Gasteiger partial charge on any atom is -0.383 e. The van der Waals surface area contributed by atoms with Crippen LogP contribution in [0, 0.1) is 0 Å². The molecular weight excluding hydrogens is 170 g/mol. The maximum Gasteiger partial charge on any atom is 0.327 e. The highest BCUT2D eigenvalue weighted by molar-refractivity contribution is 4.81. The lowest BCUT2D eigenvalue weighted by molar-refractivity contribution is 0.173. The SMILES string of the molecule is COCC(N)Cn1ccn(C)c1=O. The molecule has 1 aromatic rings. The van der Waals surface area contributed by atoms with Crippen molar-refractivity contribution in [2.45, 2.75) is 12.6 Å². The first-order chi connectivity index (χ1) is 6.15. The van der Waals surface area contributed by atoms with Crippen molar-refractivity contribution < 1.29 is 4.74 Å². The van der Waals surface area contributed by atoms with Gasteiger partial charge >= 0.3 is 5.69 Å². The number of hydrogen-bond donors (Lipinski definition) is 1. The van der Waals surface area contributed by atoms with Gasteiger partial charge in [0.1, 0.15) is 0 Å². The number of imidazole rings is 1. The van der Waals surface area contributed by atoms with Gasteiger partial charge in [-0.1, -0.05) is 0 Å². The lowest BCUT2D eigenvalue weighted by Gasteiger charge is -2.09. The third-order valence-electron chi connectivity index (χ3n) is 1.83. The van der Waals surface area contributed by atoms with E-state index in [-0.39, 0.29) is 11.7 Å². The fraction of sp³-hybridized carbons (Fsp3) is 0.625. The predicted molar refractivity (Wildman–Crippen MR) is 49.5 cm³/mol. The summed E-state index contributed by atoms with van der Waals surface area (Å²) in [5.74, 6) is 0. The molecule has 0 amide bonds. The molecule has 1 atom stereocenters. The summed E-state index contributed by atoms with van der Waals surface area (Å²) in [4.78, 5) is 11.3. The van der Waals surface area contributed by atoms with Crippen LogP contribution in [-0.4, -0.2) is 28.9 Å². The van der Waals surface area contributed by atoms with Crippen molar-refractivity contribution >= 4 is 0 Å². The Morgan fingerprint density at radius 2 is 2.31 bits per heavy atom. The van der Waals surface area contributed by atoms with Crippen LogP contribution in [0.15, 0.2) is 17.2 Å².